The van der Waals surface area contributed by atoms with Gasteiger partial charge in [-0.25, -0.2) is 9.97 Å². The second-order valence-electron chi connectivity index (χ2n) is 7.82. The Bertz CT molecular complexity index is 904. The summed E-state index contributed by atoms with van der Waals surface area (Å²) in [7, 11) is 0. The molecule has 5 rings (SSSR count). The van der Waals surface area contributed by atoms with E-state index in [1.807, 2.05) is 30.9 Å². The lowest BCUT2D eigenvalue weighted by molar-refractivity contribution is 0.0643. The van der Waals surface area contributed by atoms with Crippen molar-refractivity contribution in [3.05, 3.63) is 34.9 Å². The minimum absolute atomic E-state index is 0.0735. The molecule has 0 unspecified atom stereocenters. The fourth-order valence-electron chi connectivity index (χ4n) is 4.72. The van der Waals surface area contributed by atoms with E-state index in [-0.39, 0.29) is 18.0 Å². The lowest BCUT2D eigenvalue weighted by Crippen LogP contribution is -2.43. The number of nitrogens with zero attached hydrogens (tertiary/aromatic N) is 6. The third-order valence-electron chi connectivity index (χ3n) is 6.21. The predicted molar refractivity (Wildman–Crippen MR) is 103 cm³/mol. The highest BCUT2D eigenvalue weighted by molar-refractivity contribution is 5.96. The third kappa shape index (κ3) is 2.78. The molecule has 0 radical (unpaired) electrons. The van der Waals surface area contributed by atoms with Crippen LogP contribution in [0.5, 0.6) is 0 Å². The number of fused-ring (bicyclic) bond motifs is 4. The van der Waals surface area contributed by atoms with Crippen molar-refractivity contribution >= 4 is 11.9 Å². The van der Waals surface area contributed by atoms with E-state index in [9.17, 15) is 4.79 Å². The van der Waals surface area contributed by atoms with E-state index in [0.717, 1.165) is 75.0 Å². The van der Waals surface area contributed by atoms with Gasteiger partial charge in [0.2, 0.25) is 5.95 Å². The average molecular weight is 382 g/mol. The van der Waals surface area contributed by atoms with Gasteiger partial charge in [0.15, 0.2) is 0 Å². The molecule has 2 fully saturated rings. The molecular weight excluding hydrogens is 356 g/mol. The van der Waals surface area contributed by atoms with Crippen LogP contribution < -0.4 is 4.90 Å². The maximum atomic E-state index is 13.3. The zero-order chi connectivity index (χ0) is 19.3. The number of carbonyl (C=O) groups excluding carboxylic acids is 1. The van der Waals surface area contributed by atoms with E-state index in [1.165, 1.54) is 0 Å². The predicted octanol–water partition coefficient (Wildman–Crippen LogP) is 1.74. The van der Waals surface area contributed by atoms with Crippen LogP contribution in [0.2, 0.25) is 0 Å². The van der Waals surface area contributed by atoms with Crippen molar-refractivity contribution in [3.63, 3.8) is 0 Å². The first-order chi connectivity index (χ1) is 13.7. The smallest absolute Gasteiger partial charge is 0.258 e. The van der Waals surface area contributed by atoms with Gasteiger partial charge >= 0.3 is 0 Å². The Balaban J connectivity index is 1.44. The number of carbonyl (C=O) groups is 1. The van der Waals surface area contributed by atoms with Gasteiger partial charge in [-0.2, -0.15) is 5.10 Å². The lowest BCUT2D eigenvalue weighted by Gasteiger charge is -2.36. The van der Waals surface area contributed by atoms with Crippen molar-refractivity contribution in [1.82, 2.24) is 24.6 Å². The fourth-order valence-corrected chi connectivity index (χ4v) is 4.72. The summed E-state index contributed by atoms with van der Waals surface area (Å²) in [5.74, 6) is 0.883. The van der Waals surface area contributed by atoms with Crippen LogP contribution >= 0.6 is 0 Å². The lowest BCUT2D eigenvalue weighted by atomic mass is 9.98. The molecule has 0 aromatic carbocycles. The number of morpholine rings is 1. The Hall–Kier alpha value is -2.48. The van der Waals surface area contributed by atoms with Crippen molar-refractivity contribution in [2.75, 3.05) is 31.2 Å². The summed E-state index contributed by atoms with van der Waals surface area (Å²) in [4.78, 5) is 27.1. The molecule has 2 aromatic rings. The molecule has 2 atom stereocenters. The van der Waals surface area contributed by atoms with Crippen LogP contribution in [0.25, 0.3) is 0 Å². The summed E-state index contributed by atoms with van der Waals surface area (Å²) in [6.45, 7) is 7.81. The Morgan fingerprint density at radius 1 is 1.29 bits per heavy atom. The summed E-state index contributed by atoms with van der Waals surface area (Å²) in [6, 6.07) is 0.284. The van der Waals surface area contributed by atoms with Crippen LogP contribution in [-0.2, 0) is 17.7 Å². The highest BCUT2D eigenvalue weighted by Crippen LogP contribution is 2.44. The van der Waals surface area contributed by atoms with Gasteiger partial charge in [-0.1, -0.05) is 0 Å². The molecule has 3 aliphatic rings. The Kier molecular flexibility index (Phi) is 4.30. The van der Waals surface area contributed by atoms with Crippen LogP contribution in [0, 0.1) is 6.92 Å². The van der Waals surface area contributed by atoms with Crippen LogP contribution in [0.15, 0.2) is 12.4 Å². The van der Waals surface area contributed by atoms with Gasteiger partial charge in [-0.05, 0) is 26.7 Å². The quantitative estimate of drug-likeness (QED) is 0.805. The van der Waals surface area contributed by atoms with Crippen molar-refractivity contribution < 1.29 is 9.53 Å². The van der Waals surface area contributed by atoms with Crippen LogP contribution in [0.1, 0.15) is 53.1 Å². The molecule has 8 nitrogen and oxygen atoms in total. The summed E-state index contributed by atoms with van der Waals surface area (Å²) < 4.78 is 7.27. The minimum atomic E-state index is 0.0735. The summed E-state index contributed by atoms with van der Waals surface area (Å²) in [6.07, 6.45) is 6.62. The maximum Gasteiger partial charge on any atom is 0.258 e. The first kappa shape index (κ1) is 17.6. The Labute approximate surface area is 164 Å². The normalized spacial score (nSPS) is 23.8. The first-order valence-electron chi connectivity index (χ1n) is 10.2. The molecule has 2 bridgehead atoms. The van der Waals surface area contributed by atoms with E-state index in [2.05, 4.69) is 19.9 Å². The molecule has 2 aromatic heterocycles. The molecule has 2 saturated heterocycles. The molecule has 148 valence electrons. The maximum absolute atomic E-state index is 13.3. The van der Waals surface area contributed by atoms with Crippen molar-refractivity contribution in [2.45, 2.75) is 51.7 Å². The molecule has 3 aliphatic heterocycles. The average Bonchev–Trinajstić information content (AvgIpc) is 3.26. The topological polar surface area (TPSA) is 76.4 Å². The van der Waals surface area contributed by atoms with Crippen molar-refractivity contribution in [3.8, 4) is 0 Å². The second-order valence-corrected chi connectivity index (χ2v) is 7.82. The number of ether oxygens (including phenoxy) is 1. The van der Waals surface area contributed by atoms with Crippen molar-refractivity contribution in [2.24, 2.45) is 0 Å². The minimum Gasteiger partial charge on any atom is -0.378 e. The number of amides is 1. The molecule has 8 heteroatoms. The van der Waals surface area contributed by atoms with Gasteiger partial charge in [0.25, 0.3) is 5.91 Å². The van der Waals surface area contributed by atoms with Gasteiger partial charge in [-0.15, -0.1) is 0 Å². The Morgan fingerprint density at radius 2 is 2.11 bits per heavy atom. The summed E-state index contributed by atoms with van der Waals surface area (Å²) in [5, 5.41) is 4.45. The van der Waals surface area contributed by atoms with Crippen LogP contribution in [-0.4, -0.2) is 62.9 Å². The largest absolute Gasteiger partial charge is 0.378 e. The highest BCUT2D eigenvalue weighted by atomic mass is 16.5. The van der Waals surface area contributed by atoms with Gasteiger partial charge in [-0.3, -0.25) is 9.48 Å². The number of hydrogen-bond acceptors (Lipinski definition) is 6. The Morgan fingerprint density at radius 3 is 2.86 bits per heavy atom. The van der Waals surface area contributed by atoms with Crippen LogP contribution in [0.4, 0.5) is 5.95 Å². The molecule has 0 N–H and O–H groups in total. The number of aryl methyl sites for hydroxylation is 2. The zero-order valence-corrected chi connectivity index (χ0v) is 16.5. The summed E-state index contributed by atoms with van der Waals surface area (Å²) in [5.41, 5.74) is 3.73. The highest BCUT2D eigenvalue weighted by Gasteiger charge is 2.44. The summed E-state index contributed by atoms with van der Waals surface area (Å²) >= 11 is 0. The molecular formula is C20H26N6O2. The molecule has 28 heavy (non-hydrogen) atoms. The van der Waals surface area contributed by atoms with E-state index in [0.29, 0.717) is 5.56 Å². The van der Waals surface area contributed by atoms with Gasteiger partial charge in [0.05, 0.1) is 36.2 Å². The number of rotatable bonds is 3. The second kappa shape index (κ2) is 6.84. The molecule has 5 heterocycles. The number of aromatic nitrogens is 4. The van der Waals surface area contributed by atoms with E-state index < -0.39 is 0 Å². The van der Waals surface area contributed by atoms with Gasteiger partial charge in [0, 0.05) is 50.1 Å². The van der Waals surface area contributed by atoms with Gasteiger partial charge in [0.1, 0.15) is 0 Å². The monoisotopic (exact) mass is 382 g/mol. The van der Waals surface area contributed by atoms with Gasteiger partial charge < -0.3 is 14.5 Å². The van der Waals surface area contributed by atoms with Crippen LogP contribution in [0.3, 0.4) is 0 Å². The standard InChI is InChI=1S/C20H26N6O2/c1-3-25-12-16(13(2)23-25)19(27)26-14-4-5-18(26)15-11-21-20(22-17(15)10-14)24-6-8-28-9-7-24/h11-12,14,18H,3-10H2,1-2H3/t14-,18+/m0/s1. The fraction of sp³-hybridized carbons (Fsp3) is 0.600. The number of anilines is 1. The SMILES string of the molecule is CCn1cc(C(=O)N2[C@H]3CC[C@@H]2c2cnc(N4CCOCC4)nc2C3)c(C)n1. The van der Waals surface area contributed by atoms with E-state index in [4.69, 9.17) is 9.72 Å². The first-order valence-corrected chi connectivity index (χ1v) is 10.2. The molecule has 1 amide bonds. The molecule has 0 aliphatic carbocycles. The zero-order valence-electron chi connectivity index (χ0n) is 16.5. The van der Waals surface area contributed by atoms with E-state index >= 15 is 0 Å². The van der Waals surface area contributed by atoms with E-state index in [1.54, 1.807) is 0 Å². The molecule has 0 spiro atoms. The molecule has 0 saturated carbocycles. The van der Waals surface area contributed by atoms with Crippen molar-refractivity contribution in [1.29, 1.82) is 0 Å². The third-order valence-corrected chi connectivity index (χ3v) is 6.21. The number of hydrogen-bond donors (Lipinski definition) is 0.